The molecule has 0 saturated heterocycles. The number of sulfone groups is 1. The van der Waals surface area contributed by atoms with E-state index in [1.807, 2.05) is 0 Å². The van der Waals surface area contributed by atoms with Crippen molar-refractivity contribution in [2.75, 3.05) is 11.6 Å². The fourth-order valence-corrected chi connectivity index (χ4v) is 4.91. The number of benzene rings is 1. The van der Waals surface area contributed by atoms with Crippen molar-refractivity contribution in [2.24, 2.45) is 5.92 Å². The van der Waals surface area contributed by atoms with Crippen LogP contribution in [0.3, 0.4) is 0 Å². The molecule has 0 unspecified atom stereocenters. The molecule has 2 heterocycles. The summed E-state index contributed by atoms with van der Waals surface area (Å²) in [6.07, 6.45) is 1.90. The zero-order valence-corrected chi connectivity index (χ0v) is 18.9. The predicted octanol–water partition coefficient (Wildman–Crippen LogP) is 4.04. The molecule has 0 bridgehead atoms. The summed E-state index contributed by atoms with van der Waals surface area (Å²) in [6, 6.07) is 5.70. The van der Waals surface area contributed by atoms with Crippen LogP contribution in [0.15, 0.2) is 41.4 Å². The highest BCUT2D eigenvalue weighted by molar-refractivity contribution is 7.90. The topological polar surface area (TPSA) is 111 Å². The van der Waals surface area contributed by atoms with E-state index < -0.39 is 33.3 Å². The van der Waals surface area contributed by atoms with Gasteiger partial charge in [0, 0.05) is 23.8 Å². The third-order valence-corrected chi connectivity index (χ3v) is 6.99. The van der Waals surface area contributed by atoms with Crippen molar-refractivity contribution in [2.45, 2.75) is 42.8 Å². The molecule has 1 saturated carbocycles. The van der Waals surface area contributed by atoms with Crippen LogP contribution in [0.5, 0.6) is 0 Å². The summed E-state index contributed by atoms with van der Waals surface area (Å²) in [7, 11) is -3.81. The third kappa shape index (κ3) is 4.96. The second kappa shape index (κ2) is 8.82. The van der Waals surface area contributed by atoms with Gasteiger partial charge in [-0.3, -0.25) is 9.48 Å². The van der Waals surface area contributed by atoms with Crippen LogP contribution in [0.1, 0.15) is 47.9 Å². The molecule has 1 fully saturated rings. The average Bonchev–Trinajstić information content (AvgIpc) is 3.20. The van der Waals surface area contributed by atoms with Gasteiger partial charge in [-0.05, 0) is 49.9 Å². The number of aromatic nitrogens is 3. The molecule has 4 rings (SSSR count). The smallest absolute Gasteiger partial charge is 0.319 e. The molecule has 1 amide bonds. The van der Waals surface area contributed by atoms with Gasteiger partial charge >= 0.3 is 6.18 Å². The molecule has 1 aliphatic rings. The minimum Gasteiger partial charge on any atom is -0.319 e. The van der Waals surface area contributed by atoms with E-state index in [2.05, 4.69) is 15.4 Å². The molecule has 34 heavy (non-hydrogen) atoms. The Morgan fingerprint density at radius 2 is 1.88 bits per heavy atom. The highest BCUT2D eigenvalue weighted by atomic mass is 32.2. The highest BCUT2D eigenvalue weighted by Gasteiger charge is 2.33. The Kier molecular flexibility index (Phi) is 6.19. The number of alkyl halides is 3. The molecule has 8 nitrogen and oxygen atoms in total. The van der Waals surface area contributed by atoms with Gasteiger partial charge < -0.3 is 10.1 Å². The zero-order valence-electron chi connectivity index (χ0n) is 18.0. The maximum absolute atomic E-state index is 13.0. The number of pyridine rings is 1. The quantitative estimate of drug-likeness (QED) is 0.536. The molecule has 180 valence electrons. The van der Waals surface area contributed by atoms with Gasteiger partial charge in [-0.1, -0.05) is 6.07 Å². The molecule has 1 N–H and O–H groups in total. The number of hydrogen-bond acceptors (Lipinski definition) is 6. The van der Waals surface area contributed by atoms with E-state index in [1.165, 1.54) is 12.1 Å². The van der Waals surface area contributed by atoms with E-state index in [1.54, 1.807) is 10.9 Å². The fraction of sp³-hybridized carbons (Fsp3) is 0.364. The van der Waals surface area contributed by atoms with Gasteiger partial charge in [0.25, 0.3) is 5.91 Å². The molecule has 3 aromatic rings. The van der Waals surface area contributed by atoms with E-state index in [-0.39, 0.29) is 22.5 Å². The Morgan fingerprint density at radius 1 is 1.18 bits per heavy atom. The Balaban J connectivity index is 1.68. The SMILES string of the molecule is CS(=O)(=O)c1cc2nn(C3CCC(C=O)CC3)cc2cc1NC(=O)c1cccc(C(F)(F)F)n1. The molecule has 1 aliphatic carbocycles. The Hall–Kier alpha value is -3.28. The summed E-state index contributed by atoms with van der Waals surface area (Å²) in [6.45, 7) is 0. The normalized spacial score (nSPS) is 19.2. The number of rotatable bonds is 5. The van der Waals surface area contributed by atoms with Crippen LogP contribution in [0.25, 0.3) is 10.9 Å². The van der Waals surface area contributed by atoms with Crippen LogP contribution in [-0.2, 0) is 20.8 Å². The van der Waals surface area contributed by atoms with E-state index in [0.29, 0.717) is 10.9 Å². The summed E-state index contributed by atoms with van der Waals surface area (Å²) in [5.74, 6) is -0.945. The van der Waals surface area contributed by atoms with Gasteiger partial charge in [0.1, 0.15) is 17.7 Å². The number of amides is 1. The van der Waals surface area contributed by atoms with Crippen LogP contribution in [0.4, 0.5) is 18.9 Å². The van der Waals surface area contributed by atoms with Crippen molar-refractivity contribution in [3.05, 3.63) is 47.9 Å². The second-order valence-electron chi connectivity index (χ2n) is 8.35. The van der Waals surface area contributed by atoms with E-state index >= 15 is 0 Å². The molecule has 12 heteroatoms. The maximum Gasteiger partial charge on any atom is 0.433 e. The third-order valence-electron chi connectivity index (χ3n) is 5.85. The summed E-state index contributed by atoms with van der Waals surface area (Å²) >= 11 is 0. The van der Waals surface area contributed by atoms with Crippen molar-refractivity contribution in [1.29, 1.82) is 0 Å². The minimum absolute atomic E-state index is 0.0318. The van der Waals surface area contributed by atoms with E-state index in [4.69, 9.17) is 0 Å². The monoisotopic (exact) mass is 494 g/mol. The average molecular weight is 494 g/mol. The first kappa shape index (κ1) is 23.9. The van der Waals surface area contributed by atoms with Crippen molar-refractivity contribution in [3.8, 4) is 0 Å². The van der Waals surface area contributed by atoms with Crippen molar-refractivity contribution >= 4 is 38.6 Å². The first-order valence-electron chi connectivity index (χ1n) is 10.5. The minimum atomic E-state index is -4.73. The molecule has 0 atom stereocenters. The van der Waals surface area contributed by atoms with Crippen LogP contribution < -0.4 is 5.32 Å². The van der Waals surface area contributed by atoms with E-state index in [9.17, 15) is 31.2 Å². The largest absolute Gasteiger partial charge is 0.433 e. The molecule has 0 aliphatic heterocycles. The molecule has 0 spiro atoms. The lowest BCUT2D eigenvalue weighted by molar-refractivity contribution is -0.141. The Bertz CT molecular complexity index is 1360. The summed E-state index contributed by atoms with van der Waals surface area (Å²) < 4.78 is 65.4. The second-order valence-corrected chi connectivity index (χ2v) is 10.3. The number of anilines is 1. The summed E-state index contributed by atoms with van der Waals surface area (Å²) in [4.78, 5) is 26.8. The van der Waals surface area contributed by atoms with Crippen LogP contribution >= 0.6 is 0 Å². The zero-order chi connectivity index (χ0) is 24.7. The Morgan fingerprint density at radius 3 is 2.50 bits per heavy atom. The van der Waals surface area contributed by atoms with Crippen molar-refractivity contribution < 1.29 is 31.2 Å². The predicted molar refractivity (Wildman–Crippen MR) is 117 cm³/mol. The van der Waals surface area contributed by atoms with Gasteiger partial charge in [-0.15, -0.1) is 0 Å². The number of carbonyl (C=O) groups is 2. The number of nitrogens with zero attached hydrogens (tertiary/aromatic N) is 3. The van der Waals surface area contributed by atoms with E-state index in [0.717, 1.165) is 56.4 Å². The van der Waals surface area contributed by atoms with Gasteiger partial charge in [0.15, 0.2) is 9.84 Å². The maximum atomic E-state index is 13.0. The number of fused-ring (bicyclic) bond motifs is 1. The van der Waals surface area contributed by atoms with Crippen LogP contribution in [0.2, 0.25) is 0 Å². The van der Waals surface area contributed by atoms with Gasteiger partial charge in [-0.2, -0.15) is 18.3 Å². The standard InChI is InChI=1S/C22H21F3N4O4S/c1-34(32,33)19-10-17-14(11-29(28-17)15-7-5-13(12-30)6-8-15)9-18(19)27-21(31)16-3-2-4-20(26-16)22(23,24)25/h2-4,9-13,15H,5-8H2,1H3,(H,27,31). The summed E-state index contributed by atoms with van der Waals surface area (Å²) in [5.41, 5.74) is -1.42. The molecular formula is C22H21F3N4O4S. The van der Waals surface area contributed by atoms with Crippen molar-refractivity contribution in [1.82, 2.24) is 14.8 Å². The van der Waals surface area contributed by atoms with Crippen LogP contribution in [-0.4, -0.2) is 41.6 Å². The van der Waals surface area contributed by atoms with Gasteiger partial charge in [0.2, 0.25) is 0 Å². The van der Waals surface area contributed by atoms with Gasteiger partial charge in [-0.25, -0.2) is 13.4 Å². The highest BCUT2D eigenvalue weighted by Crippen LogP contribution is 2.34. The first-order valence-corrected chi connectivity index (χ1v) is 12.4. The number of nitrogens with one attached hydrogen (secondary N) is 1. The summed E-state index contributed by atoms with van der Waals surface area (Å²) in [5, 5.41) is 7.43. The molecule has 0 radical (unpaired) electrons. The van der Waals surface area contributed by atoms with Gasteiger partial charge in [0.05, 0.1) is 22.1 Å². The Labute approximate surface area is 193 Å². The lowest BCUT2D eigenvalue weighted by Crippen LogP contribution is -2.19. The molecular weight excluding hydrogens is 473 g/mol. The fourth-order valence-electron chi connectivity index (χ4n) is 4.07. The first-order chi connectivity index (χ1) is 16.0. The lowest BCUT2D eigenvalue weighted by Gasteiger charge is -2.25. The number of hydrogen-bond donors (Lipinski definition) is 1. The number of halogens is 3. The number of carbonyl (C=O) groups excluding carboxylic acids is 2. The van der Waals surface area contributed by atoms with Crippen molar-refractivity contribution in [3.63, 3.8) is 0 Å². The number of aldehydes is 1. The lowest BCUT2D eigenvalue weighted by atomic mass is 9.87. The van der Waals surface area contributed by atoms with Crippen LogP contribution in [0, 0.1) is 5.92 Å². The molecule has 1 aromatic carbocycles. The molecule has 2 aromatic heterocycles.